The van der Waals surface area contributed by atoms with Crippen LogP contribution in [0.1, 0.15) is 10.5 Å². The number of carbonyl (C=O) groups excluding carboxylic acids is 1. The van der Waals surface area contributed by atoms with Crippen LogP contribution in [0.5, 0.6) is 0 Å². The summed E-state index contributed by atoms with van der Waals surface area (Å²) in [7, 11) is 1.71. The van der Waals surface area contributed by atoms with Gasteiger partial charge in [-0.05, 0) is 30.3 Å². The molecule has 1 aromatic carbocycles. The van der Waals surface area contributed by atoms with Crippen LogP contribution in [0, 0.1) is 5.82 Å². The maximum Gasteiger partial charge on any atom is 0.273 e. The molecule has 0 saturated carbocycles. The average Bonchev–Trinajstić information content (AvgIpc) is 3.22. The van der Waals surface area contributed by atoms with E-state index in [1.165, 1.54) is 30.7 Å². The number of oxazole rings is 1. The van der Waals surface area contributed by atoms with Gasteiger partial charge >= 0.3 is 0 Å². The van der Waals surface area contributed by atoms with Crippen molar-refractivity contribution in [1.82, 2.24) is 19.5 Å². The monoisotopic (exact) mass is 337 g/mol. The third-order valence-electron chi connectivity index (χ3n) is 3.67. The highest BCUT2D eigenvalue weighted by atomic mass is 19.1. The zero-order chi connectivity index (χ0) is 17.4. The van der Waals surface area contributed by atoms with Crippen LogP contribution >= 0.6 is 0 Å². The Morgan fingerprint density at radius 2 is 2.20 bits per heavy atom. The first kappa shape index (κ1) is 15.0. The van der Waals surface area contributed by atoms with Crippen molar-refractivity contribution < 1.29 is 13.6 Å². The Morgan fingerprint density at radius 1 is 1.32 bits per heavy atom. The zero-order valence-corrected chi connectivity index (χ0v) is 13.1. The summed E-state index contributed by atoms with van der Waals surface area (Å²) in [6.45, 7) is 0. The lowest BCUT2D eigenvalue weighted by molar-refractivity contribution is 0.101. The molecule has 124 valence electrons. The highest BCUT2D eigenvalue weighted by Crippen LogP contribution is 2.28. The van der Waals surface area contributed by atoms with Crippen molar-refractivity contribution in [2.45, 2.75) is 0 Å². The molecule has 0 aliphatic rings. The lowest BCUT2D eigenvalue weighted by Crippen LogP contribution is -2.15. The average molecular weight is 337 g/mol. The molecule has 4 aromatic rings. The number of anilines is 1. The molecule has 25 heavy (non-hydrogen) atoms. The van der Waals surface area contributed by atoms with E-state index < -0.39 is 5.82 Å². The smallest absolute Gasteiger partial charge is 0.273 e. The number of imidazole rings is 1. The van der Waals surface area contributed by atoms with Crippen molar-refractivity contribution in [2.75, 3.05) is 5.32 Å². The third-order valence-corrected chi connectivity index (χ3v) is 3.67. The molecular weight excluding hydrogens is 325 g/mol. The number of aryl methyl sites for hydroxylation is 1. The number of halogens is 1. The highest BCUT2D eigenvalue weighted by molar-refractivity contribution is 6.03. The van der Waals surface area contributed by atoms with E-state index in [0.29, 0.717) is 22.6 Å². The first-order valence-electron chi connectivity index (χ1n) is 7.41. The van der Waals surface area contributed by atoms with Crippen molar-refractivity contribution in [3.05, 3.63) is 60.6 Å². The molecule has 1 amide bonds. The molecule has 3 heterocycles. The van der Waals surface area contributed by atoms with Crippen LogP contribution in [0.4, 0.5) is 10.1 Å². The molecule has 0 saturated heterocycles. The lowest BCUT2D eigenvalue weighted by Gasteiger charge is -2.07. The van der Waals surface area contributed by atoms with Gasteiger partial charge in [-0.2, -0.15) is 4.98 Å². The molecule has 7 nitrogen and oxygen atoms in total. The number of carbonyl (C=O) groups is 1. The van der Waals surface area contributed by atoms with Gasteiger partial charge in [0, 0.05) is 18.9 Å². The summed E-state index contributed by atoms with van der Waals surface area (Å²) in [6, 6.07) is 7.59. The number of hydrogen-bond donors (Lipinski definition) is 1. The van der Waals surface area contributed by atoms with Crippen LogP contribution in [-0.2, 0) is 7.05 Å². The summed E-state index contributed by atoms with van der Waals surface area (Å²) >= 11 is 0. The summed E-state index contributed by atoms with van der Waals surface area (Å²) in [4.78, 5) is 24.4. The second kappa shape index (κ2) is 5.82. The molecule has 0 spiro atoms. The summed E-state index contributed by atoms with van der Waals surface area (Å²) in [6.07, 6.45) is 4.55. The summed E-state index contributed by atoms with van der Waals surface area (Å²) in [5, 5.41) is 2.70. The number of pyridine rings is 1. The van der Waals surface area contributed by atoms with Crippen molar-refractivity contribution in [3.63, 3.8) is 0 Å². The van der Waals surface area contributed by atoms with Gasteiger partial charge < -0.3 is 14.3 Å². The minimum absolute atomic E-state index is 0.0998. The van der Waals surface area contributed by atoms with Gasteiger partial charge in [-0.25, -0.2) is 14.4 Å². The fourth-order valence-corrected chi connectivity index (χ4v) is 2.42. The largest absolute Gasteiger partial charge is 0.434 e. The Morgan fingerprint density at radius 3 is 2.96 bits per heavy atom. The molecule has 0 aliphatic heterocycles. The number of nitrogens with one attached hydrogen (secondary N) is 1. The minimum Gasteiger partial charge on any atom is -0.434 e. The number of hydrogen-bond acceptors (Lipinski definition) is 5. The van der Waals surface area contributed by atoms with Gasteiger partial charge in [0.25, 0.3) is 5.91 Å². The van der Waals surface area contributed by atoms with Crippen molar-refractivity contribution in [3.8, 4) is 11.5 Å². The van der Waals surface area contributed by atoms with Gasteiger partial charge in [0.2, 0.25) is 5.89 Å². The van der Waals surface area contributed by atoms with E-state index >= 15 is 0 Å². The van der Waals surface area contributed by atoms with Crippen LogP contribution in [0.3, 0.4) is 0 Å². The van der Waals surface area contributed by atoms with Crippen LogP contribution in [0.15, 0.2) is 53.5 Å². The van der Waals surface area contributed by atoms with E-state index in [-0.39, 0.29) is 17.4 Å². The van der Waals surface area contributed by atoms with Gasteiger partial charge in [-0.15, -0.1) is 0 Å². The van der Waals surface area contributed by atoms with Gasteiger partial charge in [-0.1, -0.05) is 0 Å². The first-order valence-corrected chi connectivity index (χ1v) is 7.41. The standard InChI is InChI=1S/C17H12FN5O2/c1-23-9-19-8-13(23)16(24)21-10-4-5-12(18)11(7-10)17-22-15-14(25-17)3-2-6-20-15/h2-9H,1H3,(H,21,24). The van der Waals surface area contributed by atoms with Gasteiger partial charge in [0.15, 0.2) is 11.2 Å². The van der Waals surface area contributed by atoms with E-state index in [9.17, 15) is 9.18 Å². The Hall–Kier alpha value is -3.55. The summed E-state index contributed by atoms with van der Waals surface area (Å²) in [5.41, 5.74) is 1.79. The number of nitrogens with zero attached hydrogens (tertiary/aromatic N) is 4. The number of benzene rings is 1. The van der Waals surface area contributed by atoms with Gasteiger partial charge in [0.1, 0.15) is 11.5 Å². The van der Waals surface area contributed by atoms with E-state index in [1.807, 2.05) is 0 Å². The molecular formula is C17H12FN5O2. The number of amides is 1. The van der Waals surface area contributed by atoms with E-state index in [2.05, 4.69) is 20.3 Å². The molecule has 0 radical (unpaired) electrons. The van der Waals surface area contributed by atoms with Crippen molar-refractivity contribution in [1.29, 1.82) is 0 Å². The molecule has 4 rings (SSSR count). The Balaban J connectivity index is 1.69. The van der Waals surface area contributed by atoms with Crippen molar-refractivity contribution >= 4 is 22.8 Å². The SMILES string of the molecule is Cn1cncc1C(=O)Nc1ccc(F)c(-c2nc3ncccc3o2)c1. The maximum atomic E-state index is 14.2. The van der Waals surface area contributed by atoms with Crippen LogP contribution < -0.4 is 5.32 Å². The first-order chi connectivity index (χ1) is 12.1. The second-order valence-corrected chi connectivity index (χ2v) is 5.38. The number of rotatable bonds is 3. The fourth-order valence-electron chi connectivity index (χ4n) is 2.42. The minimum atomic E-state index is -0.509. The lowest BCUT2D eigenvalue weighted by atomic mass is 10.2. The molecule has 0 atom stereocenters. The normalized spacial score (nSPS) is 11.0. The summed E-state index contributed by atoms with van der Waals surface area (Å²) in [5.74, 6) is -0.760. The van der Waals surface area contributed by atoms with Gasteiger partial charge in [0.05, 0.1) is 18.1 Å². The Bertz CT molecular complexity index is 1050. The Kier molecular flexibility index (Phi) is 3.50. The third kappa shape index (κ3) is 2.74. The highest BCUT2D eigenvalue weighted by Gasteiger charge is 2.16. The molecule has 0 fully saturated rings. The van der Waals surface area contributed by atoms with Crippen LogP contribution in [0.25, 0.3) is 22.7 Å². The molecule has 0 unspecified atom stereocenters. The number of fused-ring (bicyclic) bond motifs is 1. The molecule has 3 aromatic heterocycles. The topological polar surface area (TPSA) is 85.8 Å². The van der Waals surface area contributed by atoms with E-state index in [4.69, 9.17) is 4.42 Å². The van der Waals surface area contributed by atoms with Crippen molar-refractivity contribution in [2.24, 2.45) is 7.05 Å². The molecule has 1 N–H and O–H groups in total. The predicted molar refractivity (Wildman–Crippen MR) is 88.4 cm³/mol. The van der Waals surface area contributed by atoms with Gasteiger partial charge in [-0.3, -0.25) is 4.79 Å². The molecule has 8 heteroatoms. The second-order valence-electron chi connectivity index (χ2n) is 5.38. The predicted octanol–water partition coefficient (Wildman–Crippen LogP) is 3.01. The molecule has 0 aliphatic carbocycles. The Labute approximate surface area is 141 Å². The maximum absolute atomic E-state index is 14.2. The quantitative estimate of drug-likeness (QED) is 0.621. The fraction of sp³-hybridized carbons (Fsp3) is 0.0588. The van der Waals surface area contributed by atoms with E-state index in [0.717, 1.165) is 0 Å². The van der Waals surface area contributed by atoms with E-state index in [1.54, 1.807) is 29.9 Å². The van der Waals surface area contributed by atoms with Crippen LogP contribution in [-0.4, -0.2) is 25.4 Å². The summed E-state index contributed by atoms with van der Waals surface area (Å²) < 4.78 is 21.3. The number of aromatic nitrogens is 4. The zero-order valence-electron chi connectivity index (χ0n) is 13.1. The van der Waals surface area contributed by atoms with Crippen LogP contribution in [0.2, 0.25) is 0 Å². The molecule has 0 bridgehead atoms.